The molecule has 1 saturated heterocycles. The Morgan fingerprint density at radius 2 is 1.30 bits per heavy atom. The summed E-state index contributed by atoms with van der Waals surface area (Å²) in [5.74, 6) is -4.36. The fourth-order valence-corrected chi connectivity index (χ4v) is 7.32. The molecule has 2 aliphatic rings. The fraction of sp³-hybridized carbons (Fsp3) is 0.326. The lowest BCUT2D eigenvalue weighted by Gasteiger charge is -2.44. The van der Waals surface area contributed by atoms with Gasteiger partial charge in [0.1, 0.15) is 37.4 Å². The van der Waals surface area contributed by atoms with Crippen molar-refractivity contribution < 1.29 is 81.1 Å². The molecule has 0 aromatic heterocycles. The zero-order chi connectivity index (χ0) is 48.2. The maximum atomic E-state index is 13.5. The number of benzene rings is 4. The zero-order valence-corrected chi connectivity index (χ0v) is 36.5. The minimum Gasteiger partial charge on any atom is -0.463 e. The summed E-state index contributed by atoms with van der Waals surface area (Å²) in [7, 11) is 0. The molecule has 0 unspecified atom stereocenters. The van der Waals surface area contributed by atoms with Crippen LogP contribution in [0.5, 0.6) is 11.5 Å². The van der Waals surface area contributed by atoms with Crippen LogP contribution in [0.3, 0.4) is 0 Å². The highest BCUT2D eigenvalue weighted by Crippen LogP contribution is 2.44. The average molecular weight is 928 g/mol. The van der Waals surface area contributed by atoms with Gasteiger partial charge >= 0.3 is 36.1 Å². The van der Waals surface area contributed by atoms with Crippen LogP contribution in [0.4, 0.5) is 21.0 Å². The molecule has 0 spiro atoms. The molecule has 6 rings (SSSR count). The topological polar surface area (TPSA) is 270 Å². The maximum absolute atomic E-state index is 13.5. The van der Waals surface area contributed by atoms with Crippen molar-refractivity contribution in [1.29, 1.82) is 0 Å². The number of hydrogen-bond donors (Lipinski definition) is 2. The van der Waals surface area contributed by atoms with Gasteiger partial charge in [-0.05, 0) is 52.1 Å². The quantitative estimate of drug-likeness (QED) is 0.0426. The number of hydrogen-bond acceptors (Lipinski definition) is 18. The van der Waals surface area contributed by atoms with E-state index < -0.39 is 90.9 Å². The zero-order valence-electron chi connectivity index (χ0n) is 36.5. The number of nitro benzene ring substituents is 1. The third-order valence-corrected chi connectivity index (χ3v) is 10.1. The number of nitrogens with one attached hydrogen (secondary N) is 2. The van der Waals surface area contributed by atoms with Gasteiger partial charge in [0, 0.05) is 58.7 Å². The molecule has 0 radical (unpaired) electrons. The molecule has 1 heterocycles. The maximum Gasteiger partial charge on any atom is 0.514 e. The summed E-state index contributed by atoms with van der Waals surface area (Å²) >= 11 is 0. The van der Waals surface area contributed by atoms with Crippen LogP contribution in [0.25, 0.3) is 11.1 Å². The van der Waals surface area contributed by atoms with E-state index in [1.165, 1.54) is 30.3 Å². The monoisotopic (exact) mass is 927 g/mol. The van der Waals surface area contributed by atoms with Gasteiger partial charge in [-0.15, -0.1) is 0 Å². The van der Waals surface area contributed by atoms with E-state index in [1.807, 2.05) is 48.5 Å². The van der Waals surface area contributed by atoms with E-state index in [2.05, 4.69) is 10.6 Å². The lowest BCUT2D eigenvalue weighted by atomic mass is 9.98. The van der Waals surface area contributed by atoms with Crippen LogP contribution in [0.2, 0.25) is 0 Å². The van der Waals surface area contributed by atoms with E-state index in [0.717, 1.165) is 62.1 Å². The highest BCUT2D eigenvalue weighted by atomic mass is 16.7. The number of rotatable bonds is 17. The van der Waals surface area contributed by atoms with Crippen LogP contribution in [0.15, 0.2) is 91.0 Å². The van der Waals surface area contributed by atoms with Crippen LogP contribution in [0.1, 0.15) is 56.7 Å². The molecule has 1 aliphatic heterocycles. The van der Waals surface area contributed by atoms with Crippen LogP contribution in [-0.4, -0.2) is 97.4 Å². The lowest BCUT2D eigenvalue weighted by Crippen LogP contribution is -2.63. The van der Waals surface area contributed by atoms with E-state index in [0.29, 0.717) is 0 Å². The van der Waals surface area contributed by atoms with Crippen LogP contribution in [-0.2, 0) is 63.7 Å². The summed E-state index contributed by atoms with van der Waals surface area (Å²) in [6.07, 6.45) is -9.93. The van der Waals surface area contributed by atoms with Crippen LogP contribution >= 0.6 is 0 Å². The Morgan fingerprint density at radius 1 is 0.687 bits per heavy atom. The fourth-order valence-electron chi connectivity index (χ4n) is 7.32. The standard InChI is InChI=1S/C46H45N3O18/c1-25(50)59-24-39-41(62-26(2)51)42(63-27(3)52)43(64-28(4)53)44(67-39)66-38-18-13-29(22-61-46(56)65-31-16-14-30(15-17-31)49(57)58)21-37(38)48-40(54)19-20-47-45(55)60-23-36-34-11-7-5-9-32(34)33-10-6-8-12-35(33)36/h5-18,21,36,39,41-44H,19-20,22-24H2,1-4H3,(H,47,55)(H,48,54)/t39-,41-,42+,43+,44+/m1/s1. The summed E-state index contributed by atoms with van der Waals surface area (Å²) in [5.41, 5.74) is 4.12. The van der Waals surface area contributed by atoms with E-state index in [9.17, 15) is 43.7 Å². The number of esters is 4. The van der Waals surface area contributed by atoms with Crippen LogP contribution in [0, 0.1) is 10.1 Å². The predicted molar refractivity (Wildman–Crippen MR) is 229 cm³/mol. The number of nitro groups is 1. The first kappa shape index (κ1) is 48.4. The molecule has 5 atom stereocenters. The molecular weight excluding hydrogens is 883 g/mol. The molecule has 4 aromatic rings. The first-order valence-electron chi connectivity index (χ1n) is 20.6. The molecule has 0 bridgehead atoms. The predicted octanol–water partition coefficient (Wildman–Crippen LogP) is 5.64. The normalized spacial score (nSPS) is 18.1. The number of fused-ring (bicyclic) bond motifs is 3. The molecule has 0 saturated carbocycles. The van der Waals surface area contributed by atoms with Crippen molar-refractivity contribution in [2.75, 3.05) is 25.1 Å². The molecule has 21 heteroatoms. The number of nitrogens with zero attached hydrogens (tertiary/aromatic N) is 1. The Balaban J connectivity index is 1.19. The summed E-state index contributed by atoms with van der Waals surface area (Å²) in [6.45, 7) is 3.20. The number of non-ortho nitro benzene ring substituents is 1. The minimum atomic E-state index is -1.69. The van der Waals surface area contributed by atoms with Gasteiger partial charge in [-0.3, -0.25) is 34.1 Å². The van der Waals surface area contributed by atoms with Gasteiger partial charge in [0.25, 0.3) is 5.69 Å². The number of alkyl carbamates (subject to hydrolysis) is 1. The Kier molecular flexibility index (Phi) is 16.0. The van der Waals surface area contributed by atoms with E-state index in [-0.39, 0.29) is 53.9 Å². The van der Waals surface area contributed by atoms with Crippen molar-refractivity contribution in [1.82, 2.24) is 5.32 Å². The van der Waals surface area contributed by atoms with E-state index >= 15 is 0 Å². The van der Waals surface area contributed by atoms with Gasteiger partial charge in [-0.1, -0.05) is 54.6 Å². The minimum absolute atomic E-state index is 0.0381. The third kappa shape index (κ3) is 13.0. The van der Waals surface area contributed by atoms with Gasteiger partial charge in [0.15, 0.2) is 12.2 Å². The van der Waals surface area contributed by atoms with Gasteiger partial charge in [-0.2, -0.15) is 0 Å². The van der Waals surface area contributed by atoms with Gasteiger partial charge in [0.2, 0.25) is 18.3 Å². The van der Waals surface area contributed by atoms with Crippen molar-refractivity contribution in [3.8, 4) is 22.6 Å². The molecule has 2 amide bonds. The molecule has 21 nitrogen and oxygen atoms in total. The number of carbonyl (C=O) groups excluding carboxylic acids is 7. The first-order valence-corrected chi connectivity index (χ1v) is 20.6. The van der Waals surface area contributed by atoms with Crippen molar-refractivity contribution in [3.63, 3.8) is 0 Å². The SMILES string of the molecule is CC(=O)OC[C@H]1O[C@H](Oc2ccc(COC(=O)Oc3ccc([N+](=O)[O-])cc3)cc2NC(=O)CCNC(=O)OCC2c3ccccc3-c3ccccc32)[C@@H](OC(C)=O)[C@@H](OC(C)=O)[C@@H]1OC(C)=O. The Hall–Kier alpha value is -8.07. The summed E-state index contributed by atoms with van der Waals surface area (Å²) < 4.78 is 49.8. The van der Waals surface area contributed by atoms with Crippen molar-refractivity contribution in [2.45, 2.75) is 77.3 Å². The number of ether oxygens (including phenoxy) is 9. The lowest BCUT2D eigenvalue weighted by molar-refractivity contribution is -0.384. The Bertz CT molecular complexity index is 2470. The number of anilines is 1. The first-order chi connectivity index (χ1) is 32.1. The van der Waals surface area contributed by atoms with Crippen molar-refractivity contribution in [3.05, 3.63) is 118 Å². The second-order valence-electron chi connectivity index (χ2n) is 15.0. The van der Waals surface area contributed by atoms with Crippen molar-refractivity contribution >= 4 is 53.4 Å². The molecule has 4 aromatic carbocycles. The number of carbonyl (C=O) groups is 7. The third-order valence-electron chi connectivity index (χ3n) is 10.1. The second kappa shape index (κ2) is 22.2. The average Bonchev–Trinajstić information content (AvgIpc) is 3.60. The van der Waals surface area contributed by atoms with Gasteiger partial charge in [0.05, 0.1) is 10.6 Å². The van der Waals surface area contributed by atoms with Gasteiger partial charge < -0.3 is 53.3 Å². The molecule has 352 valence electrons. The van der Waals surface area contributed by atoms with E-state index in [4.69, 9.17) is 42.6 Å². The Labute approximate surface area is 382 Å². The molecule has 1 fully saturated rings. The molecule has 2 N–H and O–H groups in total. The highest BCUT2D eigenvalue weighted by molar-refractivity contribution is 5.92. The largest absolute Gasteiger partial charge is 0.514 e. The number of amides is 2. The van der Waals surface area contributed by atoms with Crippen LogP contribution < -0.4 is 20.1 Å². The summed E-state index contributed by atoms with van der Waals surface area (Å²) in [6, 6.07) is 24.5. The van der Waals surface area contributed by atoms with Crippen molar-refractivity contribution in [2.24, 2.45) is 0 Å². The molecular formula is C46H45N3O18. The summed E-state index contributed by atoms with van der Waals surface area (Å²) in [4.78, 5) is 98.2. The van der Waals surface area contributed by atoms with E-state index in [1.54, 1.807) is 0 Å². The molecule has 1 aliphatic carbocycles. The van der Waals surface area contributed by atoms with Gasteiger partial charge in [-0.25, -0.2) is 9.59 Å². The Morgan fingerprint density at radius 3 is 1.91 bits per heavy atom. The highest BCUT2D eigenvalue weighted by Gasteiger charge is 2.53. The second-order valence-corrected chi connectivity index (χ2v) is 15.0. The molecule has 67 heavy (non-hydrogen) atoms. The smallest absolute Gasteiger partial charge is 0.463 e. The summed E-state index contributed by atoms with van der Waals surface area (Å²) in [5, 5.41) is 16.2.